The van der Waals surface area contributed by atoms with E-state index in [-0.39, 0.29) is 6.61 Å². The molecule has 0 saturated carbocycles. The summed E-state index contributed by atoms with van der Waals surface area (Å²) in [5, 5.41) is 9.98. The van der Waals surface area contributed by atoms with Crippen LogP contribution < -0.4 is 0 Å². The molecule has 2 heteroatoms. The van der Waals surface area contributed by atoms with E-state index in [1.165, 1.54) is 22.2 Å². The molecule has 2 aromatic rings. The summed E-state index contributed by atoms with van der Waals surface area (Å²) in [6.07, 6.45) is 3.05. The van der Waals surface area contributed by atoms with Crippen LogP contribution in [0.2, 0.25) is 0 Å². The molecule has 0 aliphatic heterocycles. The lowest BCUT2D eigenvalue weighted by Gasteiger charge is -2.04. The summed E-state index contributed by atoms with van der Waals surface area (Å²) in [5.74, 6) is 0.491. The third-order valence-corrected chi connectivity index (χ3v) is 3.72. The van der Waals surface area contributed by atoms with Crippen LogP contribution in [0.1, 0.15) is 39.0 Å². The molecular weight excluding hydrogens is 246 g/mol. The highest BCUT2D eigenvalue weighted by molar-refractivity contribution is 5.84. The molecule has 0 saturated heterocycles. The van der Waals surface area contributed by atoms with Crippen molar-refractivity contribution in [1.82, 2.24) is 4.98 Å². The lowest BCUT2D eigenvalue weighted by molar-refractivity contribution is 0.318. The monoisotopic (exact) mass is 273 g/mol. The number of aromatic nitrogens is 1. The van der Waals surface area contributed by atoms with Gasteiger partial charge in [-0.15, -0.1) is 0 Å². The summed E-state index contributed by atoms with van der Waals surface area (Å²) in [6.45, 7) is 10.7. The number of benzene rings is 1. The summed E-state index contributed by atoms with van der Waals surface area (Å²) >= 11 is 0. The van der Waals surface area contributed by atoms with Crippen molar-refractivity contribution in [3.63, 3.8) is 0 Å². The van der Waals surface area contributed by atoms with Crippen LogP contribution in [0.25, 0.3) is 10.9 Å². The van der Waals surface area contributed by atoms with Gasteiger partial charge < -0.3 is 10.1 Å². The van der Waals surface area contributed by atoms with Gasteiger partial charge in [0.1, 0.15) is 0 Å². The molecule has 0 atom stereocenters. The normalized spacial score (nSPS) is 11.7. The topological polar surface area (TPSA) is 36.0 Å². The number of nitrogens with one attached hydrogen (secondary N) is 1. The lowest BCUT2D eigenvalue weighted by atomic mass is 10.0. The number of allylic oxidation sites excluding steroid dienone is 1. The maximum absolute atomic E-state index is 8.63. The van der Waals surface area contributed by atoms with Gasteiger partial charge in [0, 0.05) is 16.6 Å². The largest absolute Gasteiger partial charge is 0.392 e. The number of para-hydroxylation sites is 1. The number of aliphatic hydroxyl groups is 1. The van der Waals surface area contributed by atoms with E-state index in [0.717, 1.165) is 12.0 Å². The number of aromatic amines is 1. The first-order chi connectivity index (χ1) is 9.54. The minimum atomic E-state index is 0.203. The van der Waals surface area contributed by atoms with E-state index in [0.29, 0.717) is 5.92 Å². The van der Waals surface area contributed by atoms with E-state index in [9.17, 15) is 0 Å². The van der Waals surface area contributed by atoms with E-state index in [1.54, 1.807) is 0 Å². The minimum absolute atomic E-state index is 0.203. The van der Waals surface area contributed by atoms with Crippen LogP contribution in [0.15, 0.2) is 35.9 Å². The average Bonchev–Trinajstić information content (AvgIpc) is 2.78. The van der Waals surface area contributed by atoms with Gasteiger partial charge >= 0.3 is 0 Å². The van der Waals surface area contributed by atoms with Crippen LogP contribution >= 0.6 is 0 Å². The van der Waals surface area contributed by atoms with Gasteiger partial charge in [-0.1, -0.05) is 45.0 Å². The molecule has 0 aliphatic rings. The first-order valence-corrected chi connectivity index (χ1v) is 7.37. The number of hydrogen-bond donors (Lipinski definition) is 2. The minimum Gasteiger partial charge on any atom is -0.392 e. The van der Waals surface area contributed by atoms with Crippen LogP contribution in [0.5, 0.6) is 0 Å². The Morgan fingerprint density at radius 2 is 1.95 bits per heavy atom. The number of rotatable bonds is 3. The molecule has 0 radical (unpaired) electrons. The molecule has 0 unspecified atom stereocenters. The molecule has 2 nitrogen and oxygen atoms in total. The zero-order valence-electron chi connectivity index (χ0n) is 13.3. The van der Waals surface area contributed by atoms with Gasteiger partial charge in [0.25, 0.3) is 0 Å². The molecule has 2 N–H and O–H groups in total. The second kappa shape index (κ2) is 7.91. The Balaban J connectivity index is 0.000000221. The Morgan fingerprint density at radius 3 is 2.35 bits per heavy atom. The van der Waals surface area contributed by atoms with Crippen molar-refractivity contribution < 1.29 is 5.11 Å². The lowest BCUT2D eigenvalue weighted by Crippen LogP contribution is -1.97. The fourth-order valence-corrected chi connectivity index (χ4v) is 2.30. The summed E-state index contributed by atoms with van der Waals surface area (Å²) in [5.41, 5.74) is 5.13. The van der Waals surface area contributed by atoms with Gasteiger partial charge in [-0.05, 0) is 43.4 Å². The van der Waals surface area contributed by atoms with E-state index in [1.807, 2.05) is 13.0 Å². The van der Waals surface area contributed by atoms with Crippen molar-refractivity contribution in [3.05, 3.63) is 47.2 Å². The third-order valence-electron chi connectivity index (χ3n) is 3.72. The average molecular weight is 273 g/mol. The first kappa shape index (κ1) is 16.5. The quantitative estimate of drug-likeness (QED) is 0.786. The smallest absolute Gasteiger partial charge is 0.0644 e. The molecule has 0 bridgehead atoms. The van der Waals surface area contributed by atoms with Crippen molar-refractivity contribution in [2.75, 3.05) is 6.61 Å². The number of aliphatic hydroxyl groups excluding tert-OH is 1. The fourth-order valence-electron chi connectivity index (χ4n) is 2.30. The highest BCUT2D eigenvalue weighted by Crippen LogP contribution is 2.21. The molecular formula is C18H27NO. The van der Waals surface area contributed by atoms with Crippen LogP contribution in [-0.2, 0) is 6.42 Å². The molecule has 20 heavy (non-hydrogen) atoms. The molecule has 0 spiro atoms. The highest BCUT2D eigenvalue weighted by Gasteiger charge is 2.03. The number of fused-ring (bicyclic) bond motifs is 1. The van der Waals surface area contributed by atoms with E-state index in [2.05, 4.69) is 56.9 Å². The SMILES string of the molecule is C/C=C(\CO)C(C)C.CCc1[nH]c2ccccc2c1C. The number of aryl methyl sites for hydroxylation is 2. The Morgan fingerprint density at radius 1 is 1.30 bits per heavy atom. The Bertz CT molecular complexity index is 564. The second-order valence-electron chi connectivity index (χ2n) is 5.30. The zero-order valence-corrected chi connectivity index (χ0v) is 13.3. The molecule has 1 heterocycles. The molecule has 1 aromatic carbocycles. The van der Waals surface area contributed by atoms with Crippen molar-refractivity contribution in [2.45, 2.75) is 41.0 Å². The highest BCUT2D eigenvalue weighted by atomic mass is 16.3. The van der Waals surface area contributed by atoms with Crippen molar-refractivity contribution in [2.24, 2.45) is 5.92 Å². The van der Waals surface area contributed by atoms with Crippen molar-refractivity contribution in [1.29, 1.82) is 0 Å². The predicted molar refractivity (Wildman–Crippen MR) is 88.1 cm³/mol. The van der Waals surface area contributed by atoms with E-state index < -0.39 is 0 Å². The van der Waals surface area contributed by atoms with Crippen LogP contribution in [0, 0.1) is 12.8 Å². The summed E-state index contributed by atoms with van der Waals surface area (Å²) < 4.78 is 0. The first-order valence-electron chi connectivity index (χ1n) is 7.37. The molecule has 0 fully saturated rings. The van der Waals surface area contributed by atoms with Crippen LogP contribution in [0.3, 0.4) is 0 Å². The second-order valence-corrected chi connectivity index (χ2v) is 5.30. The predicted octanol–water partition coefficient (Wildman–Crippen LogP) is 4.62. The molecule has 1 aromatic heterocycles. The van der Waals surface area contributed by atoms with Gasteiger partial charge in [0.2, 0.25) is 0 Å². The third kappa shape index (κ3) is 3.97. The standard InChI is InChI=1S/C11H13N.C7H14O/c1-3-10-8(2)9-6-4-5-7-11(9)12-10;1-4-7(5-8)6(2)3/h4-7,12H,3H2,1-2H3;4,6,8H,5H2,1-3H3/b;7-4+. The summed E-state index contributed by atoms with van der Waals surface area (Å²) in [7, 11) is 0. The van der Waals surface area contributed by atoms with Gasteiger partial charge in [0.15, 0.2) is 0 Å². The molecule has 2 rings (SSSR count). The van der Waals surface area contributed by atoms with Gasteiger partial charge in [-0.25, -0.2) is 0 Å². The van der Waals surface area contributed by atoms with Gasteiger partial charge in [-0.3, -0.25) is 0 Å². The fraction of sp³-hybridized carbons (Fsp3) is 0.444. The molecule has 0 aliphatic carbocycles. The maximum atomic E-state index is 8.63. The van der Waals surface area contributed by atoms with E-state index >= 15 is 0 Å². The molecule has 110 valence electrons. The van der Waals surface area contributed by atoms with Gasteiger partial charge in [-0.2, -0.15) is 0 Å². The molecule has 0 amide bonds. The number of hydrogen-bond acceptors (Lipinski definition) is 1. The van der Waals surface area contributed by atoms with Crippen LogP contribution in [0.4, 0.5) is 0 Å². The van der Waals surface area contributed by atoms with Crippen molar-refractivity contribution >= 4 is 10.9 Å². The number of H-pyrrole nitrogens is 1. The van der Waals surface area contributed by atoms with Gasteiger partial charge in [0.05, 0.1) is 6.61 Å². The Hall–Kier alpha value is -1.54. The Kier molecular flexibility index (Phi) is 6.53. The zero-order chi connectivity index (χ0) is 15.1. The summed E-state index contributed by atoms with van der Waals surface area (Å²) in [4.78, 5) is 3.41. The van der Waals surface area contributed by atoms with Crippen LogP contribution in [-0.4, -0.2) is 16.7 Å². The summed E-state index contributed by atoms with van der Waals surface area (Å²) in [6, 6.07) is 8.45. The van der Waals surface area contributed by atoms with E-state index in [4.69, 9.17) is 5.11 Å². The maximum Gasteiger partial charge on any atom is 0.0644 e. The van der Waals surface area contributed by atoms with Crippen molar-refractivity contribution in [3.8, 4) is 0 Å². The Labute approximate surface area is 122 Å².